The van der Waals surface area contributed by atoms with Crippen LogP contribution in [0.15, 0.2) is 48.5 Å². The Balaban J connectivity index is 1.69. The molecule has 0 radical (unpaired) electrons. The average molecular weight is 338 g/mol. The number of nitrogens with one attached hydrogen (secondary N) is 1. The van der Waals surface area contributed by atoms with Gasteiger partial charge < -0.3 is 15.0 Å². The zero-order valence-electron chi connectivity index (χ0n) is 14.5. The average Bonchev–Trinajstić information content (AvgIpc) is 2.67. The first kappa shape index (κ1) is 17.0. The van der Waals surface area contributed by atoms with Crippen LogP contribution < -0.4 is 15.0 Å². The van der Waals surface area contributed by atoms with E-state index in [1.807, 2.05) is 55.5 Å². The van der Waals surface area contributed by atoms with E-state index < -0.39 is 11.8 Å². The summed E-state index contributed by atoms with van der Waals surface area (Å²) in [5.74, 6) is -0.337. The minimum Gasteiger partial charge on any atom is -0.497 e. The number of fused-ring (bicyclic) bond motifs is 1. The number of methoxy groups -OCH3 is 1. The Morgan fingerprint density at radius 1 is 1.12 bits per heavy atom. The highest BCUT2D eigenvalue weighted by Gasteiger charge is 2.28. The molecule has 0 aliphatic carbocycles. The smallest absolute Gasteiger partial charge is 0.316 e. The molecule has 0 spiro atoms. The van der Waals surface area contributed by atoms with Gasteiger partial charge in [0.25, 0.3) is 0 Å². The van der Waals surface area contributed by atoms with Gasteiger partial charge in [-0.1, -0.05) is 30.3 Å². The number of carbonyl (C=O) groups is 2. The summed E-state index contributed by atoms with van der Waals surface area (Å²) in [6, 6.07) is 14.9. The predicted molar refractivity (Wildman–Crippen MR) is 96.7 cm³/mol. The Hall–Kier alpha value is -2.82. The number of para-hydroxylation sites is 1. The fourth-order valence-corrected chi connectivity index (χ4v) is 3.10. The number of anilines is 1. The molecule has 5 nitrogen and oxygen atoms in total. The summed E-state index contributed by atoms with van der Waals surface area (Å²) in [4.78, 5) is 26.6. The van der Waals surface area contributed by atoms with Crippen molar-refractivity contribution in [3.8, 4) is 5.75 Å². The molecule has 2 aromatic carbocycles. The van der Waals surface area contributed by atoms with Gasteiger partial charge in [-0.25, -0.2) is 0 Å². The summed E-state index contributed by atoms with van der Waals surface area (Å²) in [5, 5.41) is 2.79. The number of amides is 2. The van der Waals surface area contributed by atoms with Crippen LogP contribution in [0.3, 0.4) is 0 Å². The van der Waals surface area contributed by atoms with Gasteiger partial charge in [0.15, 0.2) is 0 Å². The fraction of sp³-hybridized carbons (Fsp3) is 0.300. The number of hydrogen-bond donors (Lipinski definition) is 1. The number of carbonyl (C=O) groups excluding carboxylic acids is 2. The van der Waals surface area contributed by atoms with E-state index in [9.17, 15) is 9.59 Å². The summed E-state index contributed by atoms with van der Waals surface area (Å²) in [6.07, 6.45) is 1.80. The molecule has 0 bridgehead atoms. The van der Waals surface area contributed by atoms with Gasteiger partial charge in [-0.15, -0.1) is 0 Å². The second-order valence-electron chi connectivity index (χ2n) is 6.16. The molecule has 0 saturated carbocycles. The maximum absolute atomic E-state index is 12.6. The second-order valence-corrected chi connectivity index (χ2v) is 6.16. The zero-order valence-corrected chi connectivity index (χ0v) is 14.5. The number of benzene rings is 2. The van der Waals surface area contributed by atoms with Gasteiger partial charge in [-0.05, 0) is 49.1 Å². The molecular formula is C20H22N2O3. The third-order valence-corrected chi connectivity index (χ3v) is 4.51. The number of aryl methyl sites for hydroxylation is 1. The molecule has 0 aromatic heterocycles. The van der Waals surface area contributed by atoms with E-state index in [-0.39, 0.29) is 6.04 Å². The van der Waals surface area contributed by atoms with Crippen LogP contribution in [0.4, 0.5) is 5.69 Å². The van der Waals surface area contributed by atoms with E-state index in [1.54, 1.807) is 12.0 Å². The van der Waals surface area contributed by atoms with Crippen LogP contribution >= 0.6 is 0 Å². The Morgan fingerprint density at radius 2 is 1.84 bits per heavy atom. The summed E-state index contributed by atoms with van der Waals surface area (Å²) >= 11 is 0. The van der Waals surface area contributed by atoms with E-state index in [4.69, 9.17) is 4.74 Å². The lowest BCUT2D eigenvalue weighted by atomic mass is 10.0. The van der Waals surface area contributed by atoms with Crippen molar-refractivity contribution < 1.29 is 14.3 Å². The van der Waals surface area contributed by atoms with Crippen molar-refractivity contribution >= 4 is 17.5 Å². The molecule has 1 aliphatic rings. The lowest BCUT2D eigenvalue weighted by Crippen LogP contribution is -2.45. The van der Waals surface area contributed by atoms with Crippen molar-refractivity contribution in [1.82, 2.24) is 5.32 Å². The highest BCUT2D eigenvalue weighted by molar-refractivity contribution is 6.40. The van der Waals surface area contributed by atoms with Crippen molar-refractivity contribution in [2.24, 2.45) is 0 Å². The van der Waals surface area contributed by atoms with Crippen molar-refractivity contribution in [3.63, 3.8) is 0 Å². The number of nitrogens with zero attached hydrogens (tertiary/aromatic N) is 1. The zero-order chi connectivity index (χ0) is 17.8. The van der Waals surface area contributed by atoms with E-state index in [1.165, 1.54) is 0 Å². The molecule has 1 N–H and O–H groups in total. The molecule has 2 amide bonds. The van der Waals surface area contributed by atoms with Crippen molar-refractivity contribution in [2.45, 2.75) is 25.8 Å². The topological polar surface area (TPSA) is 58.6 Å². The number of hydrogen-bond acceptors (Lipinski definition) is 3. The van der Waals surface area contributed by atoms with E-state index in [0.717, 1.165) is 35.4 Å². The van der Waals surface area contributed by atoms with Gasteiger partial charge in [-0.3, -0.25) is 9.59 Å². The minimum absolute atomic E-state index is 0.262. The maximum Gasteiger partial charge on any atom is 0.316 e. The molecule has 0 saturated heterocycles. The van der Waals surface area contributed by atoms with Crippen LogP contribution in [0.2, 0.25) is 0 Å². The third kappa shape index (κ3) is 3.65. The van der Waals surface area contributed by atoms with Gasteiger partial charge in [0, 0.05) is 12.2 Å². The monoisotopic (exact) mass is 338 g/mol. The van der Waals surface area contributed by atoms with Gasteiger partial charge in [0.2, 0.25) is 0 Å². The first-order valence-corrected chi connectivity index (χ1v) is 8.44. The SMILES string of the molecule is COc1ccc(C(C)NC(=O)C(=O)N2CCCc3ccccc32)cc1. The largest absolute Gasteiger partial charge is 0.497 e. The normalized spacial score (nSPS) is 14.4. The predicted octanol–water partition coefficient (Wildman–Crippen LogP) is 2.85. The highest BCUT2D eigenvalue weighted by Crippen LogP contribution is 2.27. The van der Waals surface area contributed by atoms with Crippen LogP contribution in [0.1, 0.15) is 30.5 Å². The summed E-state index contributed by atoms with van der Waals surface area (Å²) in [7, 11) is 1.61. The molecule has 5 heteroatoms. The molecular weight excluding hydrogens is 316 g/mol. The Kier molecular flexibility index (Phi) is 5.03. The van der Waals surface area contributed by atoms with E-state index >= 15 is 0 Å². The lowest BCUT2D eigenvalue weighted by molar-refractivity contribution is -0.138. The lowest BCUT2D eigenvalue weighted by Gasteiger charge is -2.29. The second kappa shape index (κ2) is 7.38. The number of ether oxygens (including phenoxy) is 1. The van der Waals surface area contributed by atoms with Crippen molar-refractivity contribution in [3.05, 3.63) is 59.7 Å². The van der Waals surface area contributed by atoms with Gasteiger partial charge in [-0.2, -0.15) is 0 Å². The van der Waals surface area contributed by atoms with Crippen LogP contribution in [0.5, 0.6) is 5.75 Å². The quantitative estimate of drug-likeness (QED) is 0.876. The molecule has 1 unspecified atom stereocenters. The maximum atomic E-state index is 12.6. The summed E-state index contributed by atoms with van der Waals surface area (Å²) < 4.78 is 5.13. The van der Waals surface area contributed by atoms with Crippen LogP contribution in [0, 0.1) is 0 Å². The fourth-order valence-electron chi connectivity index (χ4n) is 3.10. The van der Waals surface area contributed by atoms with Gasteiger partial charge in [0.05, 0.1) is 13.2 Å². The van der Waals surface area contributed by atoms with Gasteiger partial charge in [0.1, 0.15) is 5.75 Å². The summed E-state index contributed by atoms with van der Waals surface area (Å²) in [5.41, 5.74) is 2.87. The molecule has 1 aliphatic heterocycles. The Bertz CT molecular complexity index is 771. The van der Waals surface area contributed by atoms with Gasteiger partial charge >= 0.3 is 11.8 Å². The standard InChI is InChI=1S/C20H22N2O3/c1-14(15-9-11-17(25-2)12-10-15)21-19(23)20(24)22-13-5-7-16-6-3-4-8-18(16)22/h3-4,6,8-12,14H,5,7,13H2,1-2H3,(H,21,23). The third-order valence-electron chi connectivity index (χ3n) is 4.51. The molecule has 1 atom stereocenters. The summed E-state index contributed by atoms with van der Waals surface area (Å²) in [6.45, 7) is 2.43. The van der Waals surface area contributed by atoms with Crippen LogP contribution in [-0.4, -0.2) is 25.5 Å². The molecule has 0 fully saturated rings. The van der Waals surface area contributed by atoms with Crippen molar-refractivity contribution in [2.75, 3.05) is 18.6 Å². The van der Waals surface area contributed by atoms with Crippen LogP contribution in [-0.2, 0) is 16.0 Å². The molecule has 130 valence electrons. The number of rotatable bonds is 3. The Labute approximate surface area is 147 Å². The highest BCUT2D eigenvalue weighted by atomic mass is 16.5. The minimum atomic E-state index is -0.583. The first-order valence-electron chi connectivity index (χ1n) is 8.44. The van der Waals surface area contributed by atoms with E-state index in [2.05, 4.69) is 5.32 Å². The molecule has 2 aromatic rings. The molecule has 1 heterocycles. The van der Waals surface area contributed by atoms with Crippen molar-refractivity contribution in [1.29, 1.82) is 0 Å². The first-order chi connectivity index (χ1) is 12.1. The molecule has 25 heavy (non-hydrogen) atoms. The Morgan fingerprint density at radius 3 is 2.56 bits per heavy atom. The van der Waals surface area contributed by atoms with E-state index in [0.29, 0.717) is 6.54 Å². The molecule has 3 rings (SSSR count). The van der Waals surface area contributed by atoms with Crippen LogP contribution in [0.25, 0.3) is 0 Å².